The van der Waals surface area contributed by atoms with Crippen molar-refractivity contribution < 1.29 is 14.3 Å². The van der Waals surface area contributed by atoms with Gasteiger partial charge in [-0.15, -0.1) is 0 Å². The summed E-state index contributed by atoms with van der Waals surface area (Å²) >= 11 is 12.1. The Bertz CT molecular complexity index is 722. The summed E-state index contributed by atoms with van der Waals surface area (Å²) in [7, 11) is 1.86. The summed E-state index contributed by atoms with van der Waals surface area (Å²) in [5.41, 5.74) is 0.844. The van der Waals surface area contributed by atoms with Gasteiger partial charge in [0.05, 0.1) is 22.5 Å². The van der Waals surface area contributed by atoms with Crippen molar-refractivity contribution >= 4 is 35.1 Å². The lowest BCUT2D eigenvalue weighted by atomic mass is 9.86. The number of amides is 1. The predicted octanol–water partition coefficient (Wildman–Crippen LogP) is 3.94. The third kappa shape index (κ3) is 5.19. The molecule has 1 saturated heterocycles. The van der Waals surface area contributed by atoms with Gasteiger partial charge in [0.25, 0.3) is 0 Å². The number of likely N-dealkylation sites (N-methyl/N-ethyl adjacent to an activating group) is 1. The molecule has 1 aromatic carbocycles. The van der Waals surface area contributed by atoms with E-state index in [0.29, 0.717) is 22.5 Å². The number of hydrogen-bond acceptors (Lipinski definition) is 4. The molecule has 7 heteroatoms. The predicted molar refractivity (Wildman–Crippen MR) is 111 cm³/mol. The molecule has 5 nitrogen and oxygen atoms in total. The van der Waals surface area contributed by atoms with Crippen LogP contribution >= 0.6 is 23.2 Å². The van der Waals surface area contributed by atoms with E-state index < -0.39 is 0 Å². The Balaban J connectivity index is 1.72. The maximum Gasteiger partial charge on any atom is 0.302 e. The number of carbonyl (C=O) groups excluding carboxylic acids is 2. The second-order valence-corrected chi connectivity index (χ2v) is 8.67. The van der Waals surface area contributed by atoms with Gasteiger partial charge in [-0.05, 0) is 56.5 Å². The van der Waals surface area contributed by atoms with Crippen molar-refractivity contribution in [3.8, 4) is 0 Å². The lowest BCUT2D eigenvalue weighted by Crippen LogP contribution is -2.56. The summed E-state index contributed by atoms with van der Waals surface area (Å²) in [6.07, 6.45) is 5.04. The molecule has 1 aromatic rings. The van der Waals surface area contributed by atoms with Crippen LogP contribution in [0.3, 0.4) is 0 Å². The number of benzene rings is 1. The van der Waals surface area contributed by atoms with Crippen LogP contribution in [0.5, 0.6) is 0 Å². The van der Waals surface area contributed by atoms with Gasteiger partial charge in [0, 0.05) is 26.4 Å². The number of rotatable bonds is 5. The van der Waals surface area contributed by atoms with E-state index >= 15 is 0 Å². The van der Waals surface area contributed by atoms with Crippen molar-refractivity contribution in [3.05, 3.63) is 33.8 Å². The summed E-state index contributed by atoms with van der Waals surface area (Å²) in [6.45, 7) is 3.60. The topological polar surface area (TPSA) is 49.9 Å². The second kappa shape index (κ2) is 9.47. The molecule has 0 aromatic heterocycles. The van der Waals surface area contributed by atoms with Crippen LogP contribution < -0.4 is 0 Å². The average Bonchev–Trinajstić information content (AvgIpc) is 3.18. The Morgan fingerprint density at radius 3 is 2.54 bits per heavy atom. The minimum atomic E-state index is -0.256. The molecule has 0 bridgehead atoms. The van der Waals surface area contributed by atoms with E-state index in [1.807, 2.05) is 18.0 Å². The van der Waals surface area contributed by atoms with Crippen molar-refractivity contribution in [2.45, 2.75) is 63.6 Å². The molecule has 1 heterocycles. The number of carbonyl (C=O) groups is 2. The quantitative estimate of drug-likeness (QED) is 0.668. The lowest BCUT2D eigenvalue weighted by Gasteiger charge is -2.44. The minimum absolute atomic E-state index is 0.0338. The molecule has 0 radical (unpaired) electrons. The van der Waals surface area contributed by atoms with Gasteiger partial charge >= 0.3 is 5.97 Å². The highest BCUT2D eigenvalue weighted by molar-refractivity contribution is 6.42. The van der Waals surface area contributed by atoms with Crippen LogP contribution in [0.2, 0.25) is 10.0 Å². The number of hydrogen-bond donors (Lipinski definition) is 0. The van der Waals surface area contributed by atoms with E-state index in [1.54, 1.807) is 12.1 Å². The summed E-state index contributed by atoms with van der Waals surface area (Å²) < 4.78 is 5.48. The number of halogens is 2. The zero-order chi connectivity index (χ0) is 20.3. The maximum absolute atomic E-state index is 13.0. The van der Waals surface area contributed by atoms with Crippen LogP contribution in [0.15, 0.2) is 18.2 Å². The second-order valence-electron chi connectivity index (χ2n) is 7.85. The van der Waals surface area contributed by atoms with Gasteiger partial charge in [-0.3, -0.25) is 14.5 Å². The molecule has 3 atom stereocenters. The summed E-state index contributed by atoms with van der Waals surface area (Å²) in [5, 5.41) is 0.939. The molecule has 3 unspecified atom stereocenters. The fourth-order valence-corrected chi connectivity index (χ4v) is 4.81. The first kappa shape index (κ1) is 21.4. The highest BCUT2D eigenvalue weighted by Gasteiger charge is 2.39. The standard InChI is InChI=1S/C21H28Cl2N2O3/c1-14(26)28-16-6-8-19(25-9-3-4-10-25)20(13-16)24(2)21(27)12-15-5-7-17(22)18(23)11-15/h5,7,11,16,19-20H,3-4,6,8-10,12-13H2,1-2H3. The van der Waals surface area contributed by atoms with Crippen molar-refractivity contribution in [1.82, 2.24) is 9.80 Å². The zero-order valence-corrected chi connectivity index (χ0v) is 18.0. The molecular formula is C21H28Cl2N2O3. The Hall–Kier alpha value is -1.30. The van der Waals surface area contributed by atoms with E-state index in [-0.39, 0.29) is 30.4 Å². The molecular weight excluding hydrogens is 399 g/mol. The van der Waals surface area contributed by atoms with Gasteiger partial charge in [0.1, 0.15) is 6.10 Å². The minimum Gasteiger partial charge on any atom is -0.462 e. The fraction of sp³-hybridized carbons (Fsp3) is 0.619. The summed E-state index contributed by atoms with van der Waals surface area (Å²) in [5.74, 6) is -0.218. The van der Waals surface area contributed by atoms with Gasteiger partial charge in [-0.1, -0.05) is 29.3 Å². The van der Waals surface area contributed by atoms with Gasteiger partial charge in [0.15, 0.2) is 0 Å². The van der Waals surface area contributed by atoms with E-state index in [0.717, 1.165) is 31.5 Å². The monoisotopic (exact) mass is 426 g/mol. The highest BCUT2D eigenvalue weighted by atomic mass is 35.5. The number of esters is 1. The molecule has 3 rings (SSSR count). The van der Waals surface area contributed by atoms with Crippen LogP contribution in [-0.2, 0) is 20.7 Å². The summed E-state index contributed by atoms with van der Waals surface area (Å²) in [6, 6.07) is 5.65. The third-order valence-electron chi connectivity index (χ3n) is 5.91. The Morgan fingerprint density at radius 2 is 1.89 bits per heavy atom. The number of nitrogens with zero attached hydrogens (tertiary/aromatic N) is 2. The molecule has 0 spiro atoms. The average molecular weight is 427 g/mol. The van der Waals surface area contributed by atoms with Crippen LogP contribution in [0.1, 0.15) is 44.6 Å². The maximum atomic E-state index is 13.0. The molecule has 2 aliphatic rings. The first-order valence-electron chi connectivity index (χ1n) is 9.96. The zero-order valence-electron chi connectivity index (χ0n) is 16.5. The molecule has 1 aliphatic carbocycles. The van der Waals surface area contributed by atoms with Crippen molar-refractivity contribution in [2.75, 3.05) is 20.1 Å². The number of ether oxygens (including phenoxy) is 1. The van der Waals surface area contributed by atoms with Crippen molar-refractivity contribution in [1.29, 1.82) is 0 Å². The first-order valence-corrected chi connectivity index (χ1v) is 10.7. The smallest absolute Gasteiger partial charge is 0.302 e. The lowest BCUT2D eigenvalue weighted by molar-refractivity contribution is -0.150. The Labute approximate surface area is 176 Å². The highest BCUT2D eigenvalue weighted by Crippen LogP contribution is 2.31. The number of likely N-dealkylation sites (tertiary alicyclic amines) is 1. The van der Waals surface area contributed by atoms with Crippen LogP contribution in [0.25, 0.3) is 0 Å². The van der Waals surface area contributed by atoms with Crippen LogP contribution in [0, 0.1) is 0 Å². The molecule has 0 N–H and O–H groups in total. The first-order chi connectivity index (χ1) is 13.3. The molecule has 28 heavy (non-hydrogen) atoms. The Morgan fingerprint density at radius 1 is 1.18 bits per heavy atom. The third-order valence-corrected chi connectivity index (χ3v) is 6.64. The fourth-order valence-electron chi connectivity index (χ4n) is 4.48. The van der Waals surface area contributed by atoms with Crippen molar-refractivity contribution in [3.63, 3.8) is 0 Å². The Kier molecular flexibility index (Phi) is 7.24. The van der Waals surface area contributed by atoms with Crippen LogP contribution in [0.4, 0.5) is 0 Å². The van der Waals surface area contributed by atoms with E-state index in [4.69, 9.17) is 27.9 Å². The van der Waals surface area contributed by atoms with E-state index in [2.05, 4.69) is 4.90 Å². The molecule has 1 amide bonds. The SMILES string of the molecule is CC(=O)OC1CCC(N2CCCC2)C(N(C)C(=O)Cc2ccc(Cl)c(Cl)c2)C1. The summed E-state index contributed by atoms with van der Waals surface area (Å²) in [4.78, 5) is 28.8. The largest absolute Gasteiger partial charge is 0.462 e. The normalized spacial score (nSPS) is 25.5. The van der Waals surface area contributed by atoms with Gasteiger partial charge in [-0.25, -0.2) is 0 Å². The van der Waals surface area contributed by atoms with Gasteiger partial charge in [0.2, 0.25) is 5.91 Å². The molecule has 1 saturated carbocycles. The molecule has 1 aliphatic heterocycles. The van der Waals surface area contributed by atoms with Gasteiger partial charge < -0.3 is 9.64 Å². The molecule has 154 valence electrons. The van der Waals surface area contributed by atoms with E-state index in [1.165, 1.54) is 19.8 Å². The van der Waals surface area contributed by atoms with E-state index in [9.17, 15) is 9.59 Å². The van der Waals surface area contributed by atoms with Crippen molar-refractivity contribution in [2.24, 2.45) is 0 Å². The van der Waals surface area contributed by atoms with Gasteiger partial charge in [-0.2, -0.15) is 0 Å². The van der Waals surface area contributed by atoms with Crippen LogP contribution in [-0.4, -0.2) is 60.0 Å². The molecule has 2 fully saturated rings.